The number of carboxylic acids is 1. The molecule has 94 valence electrons. The molecule has 0 bridgehead atoms. The lowest BCUT2D eigenvalue weighted by Crippen LogP contribution is -2.42. The molecule has 3 unspecified atom stereocenters. The van der Waals surface area contributed by atoms with Crippen LogP contribution in [-0.2, 0) is 4.79 Å². The van der Waals surface area contributed by atoms with E-state index in [0.29, 0.717) is 5.02 Å². The summed E-state index contributed by atoms with van der Waals surface area (Å²) in [4.78, 5) is 10.8. The Morgan fingerprint density at radius 1 is 1.24 bits per heavy atom. The van der Waals surface area contributed by atoms with E-state index < -0.39 is 12.0 Å². The molecule has 0 amide bonds. The van der Waals surface area contributed by atoms with Gasteiger partial charge in [0.25, 0.3) is 0 Å². The minimum absolute atomic E-state index is 0.0854. The first-order valence-corrected chi connectivity index (χ1v) is 6.04. The molecule has 17 heavy (non-hydrogen) atoms. The van der Waals surface area contributed by atoms with E-state index in [1.165, 1.54) is 0 Å². The van der Waals surface area contributed by atoms with Crippen LogP contribution in [0.4, 0.5) is 0 Å². The van der Waals surface area contributed by atoms with Crippen molar-refractivity contribution >= 4 is 17.6 Å². The number of carbonyl (C=O) groups is 1. The molecule has 3 nitrogen and oxygen atoms in total. The molecule has 0 aliphatic rings. The van der Waals surface area contributed by atoms with Crippen LogP contribution >= 0.6 is 11.6 Å². The molecule has 0 saturated heterocycles. The monoisotopic (exact) mass is 255 g/mol. The highest BCUT2D eigenvalue weighted by atomic mass is 35.5. The van der Waals surface area contributed by atoms with E-state index in [1.54, 1.807) is 6.92 Å². The van der Waals surface area contributed by atoms with Crippen LogP contribution in [0.1, 0.15) is 32.3 Å². The Morgan fingerprint density at radius 2 is 1.76 bits per heavy atom. The van der Waals surface area contributed by atoms with Crippen molar-refractivity contribution in [3.05, 3.63) is 34.9 Å². The smallest absolute Gasteiger partial charge is 0.320 e. The van der Waals surface area contributed by atoms with Gasteiger partial charge in [-0.1, -0.05) is 30.7 Å². The maximum absolute atomic E-state index is 10.8. The van der Waals surface area contributed by atoms with Crippen LogP contribution in [0.25, 0.3) is 0 Å². The fraction of sp³-hybridized carbons (Fsp3) is 0.462. The highest BCUT2D eigenvalue weighted by Crippen LogP contribution is 2.21. The minimum Gasteiger partial charge on any atom is -0.480 e. The van der Waals surface area contributed by atoms with Crippen molar-refractivity contribution in [3.63, 3.8) is 0 Å². The lowest BCUT2D eigenvalue weighted by Gasteiger charge is -2.24. The van der Waals surface area contributed by atoms with Crippen molar-refractivity contribution in [1.82, 2.24) is 5.32 Å². The molecule has 1 aromatic carbocycles. The predicted octanol–water partition coefficient (Wildman–Crippen LogP) is 2.89. The second-order valence-corrected chi connectivity index (χ2v) is 4.79. The van der Waals surface area contributed by atoms with Gasteiger partial charge >= 0.3 is 5.97 Å². The van der Waals surface area contributed by atoms with Crippen LogP contribution in [0, 0.1) is 0 Å². The number of nitrogens with one attached hydrogen (secondary N) is 1. The maximum Gasteiger partial charge on any atom is 0.320 e. The fourth-order valence-electron chi connectivity index (χ4n) is 1.66. The molecule has 0 aromatic heterocycles. The fourth-order valence-corrected chi connectivity index (χ4v) is 1.79. The van der Waals surface area contributed by atoms with E-state index in [9.17, 15) is 4.79 Å². The molecule has 0 spiro atoms. The van der Waals surface area contributed by atoms with Crippen molar-refractivity contribution in [2.24, 2.45) is 0 Å². The van der Waals surface area contributed by atoms with Crippen molar-refractivity contribution < 1.29 is 9.90 Å². The Bertz CT molecular complexity index is 378. The summed E-state index contributed by atoms with van der Waals surface area (Å²) in [6.07, 6.45) is 0. The molecule has 4 heteroatoms. The number of benzene rings is 1. The summed E-state index contributed by atoms with van der Waals surface area (Å²) in [7, 11) is 0. The van der Waals surface area contributed by atoms with Crippen molar-refractivity contribution in [2.45, 2.75) is 38.8 Å². The second-order valence-electron chi connectivity index (χ2n) is 4.36. The Labute approximate surface area is 107 Å². The van der Waals surface area contributed by atoms with Gasteiger partial charge in [-0.15, -0.1) is 0 Å². The van der Waals surface area contributed by atoms with Gasteiger partial charge in [-0.25, -0.2) is 0 Å². The third-order valence-corrected chi connectivity index (χ3v) is 3.28. The highest BCUT2D eigenvalue weighted by molar-refractivity contribution is 6.30. The first-order chi connectivity index (χ1) is 7.91. The SMILES string of the molecule is CC(NC(C)C(C)c1ccc(Cl)cc1)C(=O)O. The van der Waals surface area contributed by atoms with Gasteiger partial charge in [0.1, 0.15) is 6.04 Å². The molecule has 2 N–H and O–H groups in total. The summed E-state index contributed by atoms with van der Waals surface area (Å²) in [5.74, 6) is -0.603. The third-order valence-electron chi connectivity index (χ3n) is 3.03. The molecule has 0 aliphatic carbocycles. The van der Waals surface area contributed by atoms with E-state index >= 15 is 0 Å². The third kappa shape index (κ3) is 4.02. The van der Waals surface area contributed by atoms with Gasteiger partial charge in [0.15, 0.2) is 0 Å². The zero-order valence-electron chi connectivity index (χ0n) is 10.3. The molecular formula is C13H18ClNO2. The summed E-state index contributed by atoms with van der Waals surface area (Å²) < 4.78 is 0. The zero-order valence-corrected chi connectivity index (χ0v) is 11.0. The van der Waals surface area contributed by atoms with E-state index in [0.717, 1.165) is 5.56 Å². The van der Waals surface area contributed by atoms with Crippen LogP contribution < -0.4 is 5.32 Å². The van der Waals surface area contributed by atoms with Gasteiger partial charge in [-0.05, 0) is 37.5 Å². The quantitative estimate of drug-likeness (QED) is 0.851. The Hall–Kier alpha value is -1.06. The minimum atomic E-state index is -0.833. The lowest BCUT2D eigenvalue weighted by molar-refractivity contribution is -0.139. The molecule has 0 aliphatic heterocycles. The van der Waals surface area contributed by atoms with Gasteiger partial charge < -0.3 is 10.4 Å². The zero-order chi connectivity index (χ0) is 13.0. The average molecular weight is 256 g/mol. The number of carboxylic acid groups (broad SMARTS) is 1. The Balaban J connectivity index is 2.66. The standard InChI is InChI=1S/C13H18ClNO2/c1-8(9(2)15-10(3)13(16)17)11-4-6-12(14)7-5-11/h4-10,15H,1-3H3,(H,16,17). The molecule has 1 rings (SSSR count). The van der Waals surface area contributed by atoms with Crippen molar-refractivity contribution in [2.75, 3.05) is 0 Å². The Morgan fingerprint density at radius 3 is 2.24 bits per heavy atom. The van der Waals surface area contributed by atoms with Crippen molar-refractivity contribution in [1.29, 1.82) is 0 Å². The Kier molecular flexibility index (Phi) is 4.97. The predicted molar refractivity (Wildman–Crippen MR) is 69.6 cm³/mol. The molecule has 0 fully saturated rings. The molecule has 0 saturated carbocycles. The summed E-state index contributed by atoms with van der Waals surface area (Å²) >= 11 is 5.83. The van der Waals surface area contributed by atoms with Crippen LogP contribution in [0.15, 0.2) is 24.3 Å². The molecule has 0 heterocycles. The number of hydrogen-bond acceptors (Lipinski definition) is 2. The number of hydrogen-bond donors (Lipinski definition) is 2. The van der Waals surface area contributed by atoms with Gasteiger partial charge in [0.05, 0.1) is 0 Å². The van der Waals surface area contributed by atoms with Crippen LogP contribution in [-0.4, -0.2) is 23.2 Å². The molecular weight excluding hydrogens is 238 g/mol. The topological polar surface area (TPSA) is 49.3 Å². The number of halogens is 1. The van der Waals surface area contributed by atoms with Crippen LogP contribution in [0.3, 0.4) is 0 Å². The number of aliphatic carboxylic acids is 1. The second kappa shape index (κ2) is 6.03. The van der Waals surface area contributed by atoms with Gasteiger partial charge in [0.2, 0.25) is 0 Å². The normalized spacial score (nSPS) is 16.2. The number of rotatable bonds is 5. The van der Waals surface area contributed by atoms with Crippen LogP contribution in [0.5, 0.6) is 0 Å². The van der Waals surface area contributed by atoms with E-state index in [-0.39, 0.29) is 12.0 Å². The van der Waals surface area contributed by atoms with Gasteiger partial charge in [-0.2, -0.15) is 0 Å². The first kappa shape index (κ1) is 14.0. The van der Waals surface area contributed by atoms with Crippen molar-refractivity contribution in [3.8, 4) is 0 Å². The summed E-state index contributed by atoms with van der Waals surface area (Å²) in [6, 6.07) is 7.18. The maximum atomic E-state index is 10.8. The van der Waals surface area contributed by atoms with E-state index in [4.69, 9.17) is 16.7 Å². The average Bonchev–Trinajstić information content (AvgIpc) is 2.28. The lowest BCUT2D eigenvalue weighted by atomic mass is 9.94. The molecule has 1 aromatic rings. The first-order valence-electron chi connectivity index (χ1n) is 5.66. The highest BCUT2D eigenvalue weighted by Gasteiger charge is 2.19. The summed E-state index contributed by atoms with van der Waals surface area (Å²) in [6.45, 7) is 5.70. The van der Waals surface area contributed by atoms with Crippen LogP contribution in [0.2, 0.25) is 5.02 Å². The summed E-state index contributed by atoms with van der Waals surface area (Å²) in [5, 5.41) is 12.6. The summed E-state index contributed by atoms with van der Waals surface area (Å²) in [5.41, 5.74) is 1.15. The molecule has 0 radical (unpaired) electrons. The van der Waals surface area contributed by atoms with E-state index in [2.05, 4.69) is 12.2 Å². The van der Waals surface area contributed by atoms with E-state index in [1.807, 2.05) is 31.2 Å². The van der Waals surface area contributed by atoms with Gasteiger partial charge in [-0.3, -0.25) is 4.79 Å². The van der Waals surface area contributed by atoms with Gasteiger partial charge in [0, 0.05) is 11.1 Å². The molecule has 3 atom stereocenters. The largest absolute Gasteiger partial charge is 0.480 e.